The van der Waals surface area contributed by atoms with Crippen LogP contribution in [0.4, 0.5) is 0 Å². The summed E-state index contributed by atoms with van der Waals surface area (Å²) in [7, 11) is -3.79. The van der Waals surface area contributed by atoms with Gasteiger partial charge in [0.2, 0.25) is 15.9 Å². The van der Waals surface area contributed by atoms with Crippen molar-refractivity contribution in [3.8, 4) is 0 Å². The van der Waals surface area contributed by atoms with Crippen molar-refractivity contribution in [3.05, 3.63) is 53.6 Å². The third-order valence-electron chi connectivity index (χ3n) is 3.93. The molecule has 2 aromatic rings. The van der Waals surface area contributed by atoms with Crippen molar-refractivity contribution in [2.75, 3.05) is 0 Å². The Bertz CT molecular complexity index is 880. The summed E-state index contributed by atoms with van der Waals surface area (Å²) in [5.74, 6) is 0.374. The molecule has 0 saturated heterocycles. The third kappa shape index (κ3) is 6.41. The number of rotatable bonds is 8. The Labute approximate surface area is 160 Å². The summed E-state index contributed by atoms with van der Waals surface area (Å²) >= 11 is 0. The molecule has 0 aliphatic heterocycles. The SMILES string of the molecule is Cc1ccc(S(=O)(=O)NC(CC(C)C)C(=O)NCc2ccnc(C)n2)cc1. The number of aryl methyl sites for hydroxylation is 2. The van der Waals surface area contributed by atoms with E-state index < -0.39 is 16.1 Å². The topological polar surface area (TPSA) is 101 Å². The zero-order valence-electron chi connectivity index (χ0n) is 16.1. The van der Waals surface area contributed by atoms with E-state index in [0.717, 1.165) is 5.56 Å². The summed E-state index contributed by atoms with van der Waals surface area (Å²) < 4.78 is 27.8. The number of sulfonamides is 1. The van der Waals surface area contributed by atoms with Crippen molar-refractivity contribution in [2.24, 2.45) is 5.92 Å². The molecule has 8 heteroatoms. The van der Waals surface area contributed by atoms with Crippen molar-refractivity contribution >= 4 is 15.9 Å². The van der Waals surface area contributed by atoms with Gasteiger partial charge in [-0.25, -0.2) is 18.4 Å². The summed E-state index contributed by atoms with van der Waals surface area (Å²) in [5.41, 5.74) is 1.63. The Morgan fingerprint density at radius 2 is 1.78 bits per heavy atom. The number of hydrogen-bond acceptors (Lipinski definition) is 5. The first-order valence-electron chi connectivity index (χ1n) is 8.82. The molecule has 1 aromatic heterocycles. The van der Waals surface area contributed by atoms with Crippen LogP contribution in [-0.4, -0.2) is 30.3 Å². The quantitative estimate of drug-likeness (QED) is 0.719. The molecule has 146 valence electrons. The van der Waals surface area contributed by atoms with Crippen LogP contribution < -0.4 is 10.0 Å². The Morgan fingerprint density at radius 3 is 2.37 bits per heavy atom. The normalized spacial score (nSPS) is 12.8. The molecule has 0 radical (unpaired) electrons. The zero-order chi connectivity index (χ0) is 20.0. The van der Waals surface area contributed by atoms with Crippen LogP contribution in [0.15, 0.2) is 41.4 Å². The Balaban J connectivity index is 2.11. The molecule has 2 rings (SSSR count). The van der Waals surface area contributed by atoms with Gasteiger partial charge in [-0.1, -0.05) is 31.5 Å². The highest BCUT2D eigenvalue weighted by Gasteiger charge is 2.26. The molecule has 0 spiro atoms. The molecule has 1 aromatic carbocycles. The molecule has 2 N–H and O–H groups in total. The van der Waals surface area contributed by atoms with Crippen molar-refractivity contribution in [1.29, 1.82) is 0 Å². The van der Waals surface area contributed by atoms with Gasteiger partial charge in [0, 0.05) is 6.20 Å². The Morgan fingerprint density at radius 1 is 1.11 bits per heavy atom. The molecular weight excluding hydrogens is 364 g/mol. The van der Waals surface area contributed by atoms with Crippen LogP contribution in [0, 0.1) is 19.8 Å². The molecule has 0 aliphatic rings. The van der Waals surface area contributed by atoms with E-state index in [2.05, 4.69) is 20.0 Å². The number of nitrogens with one attached hydrogen (secondary N) is 2. The molecule has 1 amide bonds. The number of hydrogen-bond donors (Lipinski definition) is 2. The van der Waals surface area contributed by atoms with E-state index in [1.54, 1.807) is 31.3 Å². The summed E-state index contributed by atoms with van der Waals surface area (Å²) in [6, 6.07) is 7.37. The number of aromatic nitrogens is 2. The summed E-state index contributed by atoms with van der Waals surface area (Å²) in [5, 5.41) is 2.76. The maximum absolute atomic E-state index is 12.6. The lowest BCUT2D eigenvalue weighted by Gasteiger charge is -2.20. The van der Waals surface area contributed by atoms with Gasteiger partial charge in [-0.3, -0.25) is 4.79 Å². The highest BCUT2D eigenvalue weighted by atomic mass is 32.2. The summed E-state index contributed by atoms with van der Waals surface area (Å²) in [4.78, 5) is 21.0. The highest BCUT2D eigenvalue weighted by Crippen LogP contribution is 2.13. The monoisotopic (exact) mass is 390 g/mol. The van der Waals surface area contributed by atoms with E-state index >= 15 is 0 Å². The highest BCUT2D eigenvalue weighted by molar-refractivity contribution is 7.89. The van der Waals surface area contributed by atoms with Crippen molar-refractivity contribution in [3.63, 3.8) is 0 Å². The maximum atomic E-state index is 12.6. The average Bonchev–Trinajstić information content (AvgIpc) is 2.59. The van der Waals surface area contributed by atoms with Gasteiger partial charge in [-0.15, -0.1) is 0 Å². The molecule has 0 fully saturated rings. The van der Waals surface area contributed by atoms with E-state index in [4.69, 9.17) is 0 Å². The fraction of sp³-hybridized carbons (Fsp3) is 0.421. The Hall–Kier alpha value is -2.32. The van der Waals surface area contributed by atoms with Gasteiger partial charge in [0.1, 0.15) is 11.9 Å². The molecule has 0 saturated carbocycles. The second-order valence-electron chi connectivity index (χ2n) is 6.93. The van der Waals surface area contributed by atoms with Crippen molar-refractivity contribution < 1.29 is 13.2 Å². The van der Waals surface area contributed by atoms with Gasteiger partial charge in [0.25, 0.3) is 0 Å². The van der Waals surface area contributed by atoms with Crippen LogP contribution in [0.2, 0.25) is 0 Å². The smallest absolute Gasteiger partial charge is 0.241 e. The van der Waals surface area contributed by atoms with Gasteiger partial charge < -0.3 is 5.32 Å². The number of nitrogens with zero attached hydrogens (tertiary/aromatic N) is 2. The Kier molecular flexibility index (Phi) is 7.04. The largest absolute Gasteiger partial charge is 0.349 e. The lowest BCUT2D eigenvalue weighted by Crippen LogP contribution is -2.47. The van der Waals surface area contributed by atoms with Crippen LogP contribution in [0.5, 0.6) is 0 Å². The minimum atomic E-state index is -3.79. The minimum Gasteiger partial charge on any atom is -0.349 e. The number of carbonyl (C=O) groups excluding carboxylic acids is 1. The molecule has 27 heavy (non-hydrogen) atoms. The minimum absolute atomic E-state index is 0.140. The summed E-state index contributed by atoms with van der Waals surface area (Å²) in [6.07, 6.45) is 2.01. The molecule has 1 atom stereocenters. The van der Waals surface area contributed by atoms with E-state index in [9.17, 15) is 13.2 Å². The maximum Gasteiger partial charge on any atom is 0.241 e. The van der Waals surface area contributed by atoms with Crippen molar-refractivity contribution in [1.82, 2.24) is 20.0 Å². The number of amides is 1. The molecule has 0 aliphatic carbocycles. The molecule has 1 unspecified atom stereocenters. The van der Waals surface area contributed by atoms with E-state index in [1.807, 2.05) is 20.8 Å². The van der Waals surface area contributed by atoms with Gasteiger partial charge >= 0.3 is 0 Å². The first-order valence-corrected chi connectivity index (χ1v) is 10.3. The number of carbonyl (C=O) groups is 1. The zero-order valence-corrected chi connectivity index (χ0v) is 16.9. The predicted octanol–water partition coefficient (Wildman–Crippen LogP) is 2.10. The van der Waals surface area contributed by atoms with Crippen LogP contribution in [-0.2, 0) is 21.4 Å². The predicted molar refractivity (Wildman–Crippen MR) is 103 cm³/mol. The first kappa shape index (κ1) is 21.0. The standard InChI is InChI=1S/C19H26N4O3S/c1-13(2)11-18(19(24)21-12-16-9-10-20-15(4)22-16)23-27(25,26)17-7-5-14(3)6-8-17/h5-10,13,18,23H,11-12H2,1-4H3,(H,21,24). The van der Waals surface area contributed by atoms with Crippen LogP contribution >= 0.6 is 0 Å². The number of benzene rings is 1. The lowest BCUT2D eigenvalue weighted by molar-refractivity contribution is -0.123. The van der Waals surface area contributed by atoms with Gasteiger partial charge in [0.15, 0.2) is 0 Å². The summed E-state index contributed by atoms with van der Waals surface area (Å²) in [6.45, 7) is 7.74. The van der Waals surface area contributed by atoms with E-state index in [-0.39, 0.29) is 23.3 Å². The first-order chi connectivity index (χ1) is 12.7. The van der Waals surface area contributed by atoms with Crippen molar-refractivity contribution in [2.45, 2.75) is 51.6 Å². The molecule has 0 bridgehead atoms. The molecular formula is C19H26N4O3S. The fourth-order valence-electron chi connectivity index (χ4n) is 2.56. The fourth-order valence-corrected chi connectivity index (χ4v) is 3.77. The van der Waals surface area contributed by atoms with E-state index in [1.165, 1.54) is 12.1 Å². The van der Waals surface area contributed by atoms with Gasteiger partial charge in [-0.2, -0.15) is 4.72 Å². The molecule has 7 nitrogen and oxygen atoms in total. The second kappa shape index (κ2) is 9.05. The van der Waals surface area contributed by atoms with Crippen LogP contribution in [0.25, 0.3) is 0 Å². The lowest BCUT2D eigenvalue weighted by atomic mass is 10.0. The average molecular weight is 391 g/mol. The third-order valence-corrected chi connectivity index (χ3v) is 5.42. The molecule has 1 heterocycles. The van der Waals surface area contributed by atoms with Crippen LogP contribution in [0.3, 0.4) is 0 Å². The van der Waals surface area contributed by atoms with E-state index in [0.29, 0.717) is 17.9 Å². The van der Waals surface area contributed by atoms with Gasteiger partial charge in [-0.05, 0) is 44.4 Å². The van der Waals surface area contributed by atoms with Gasteiger partial charge in [0.05, 0.1) is 17.1 Å². The van der Waals surface area contributed by atoms with Crippen LogP contribution in [0.1, 0.15) is 37.4 Å². The second-order valence-corrected chi connectivity index (χ2v) is 8.64.